The summed E-state index contributed by atoms with van der Waals surface area (Å²) in [5.74, 6) is -0.976. The highest BCUT2D eigenvalue weighted by molar-refractivity contribution is 6.26. The van der Waals surface area contributed by atoms with Crippen LogP contribution >= 0.6 is 0 Å². The molecule has 2 aromatic carbocycles. The molecule has 1 amide bonds. The summed E-state index contributed by atoms with van der Waals surface area (Å²) in [6, 6.07) is 9.50. The Morgan fingerprint density at radius 1 is 0.921 bits per heavy atom. The fourth-order valence-electron chi connectivity index (χ4n) is 3.72. The molecule has 1 atom stereocenters. The minimum atomic E-state index is -1.46. The highest BCUT2D eigenvalue weighted by Gasteiger charge is 2.39. The van der Waals surface area contributed by atoms with Crippen LogP contribution in [0.4, 0.5) is 14.9 Å². The van der Waals surface area contributed by atoms with Gasteiger partial charge in [-0.2, -0.15) is 0 Å². The molecule has 0 aliphatic rings. The van der Waals surface area contributed by atoms with Crippen molar-refractivity contribution in [2.45, 2.75) is 71.1 Å². The van der Waals surface area contributed by atoms with E-state index in [1.165, 1.54) is 26.4 Å². The van der Waals surface area contributed by atoms with Crippen LogP contribution in [0, 0.1) is 5.82 Å². The molecule has 38 heavy (non-hydrogen) atoms. The van der Waals surface area contributed by atoms with Crippen molar-refractivity contribution in [3.8, 4) is 5.75 Å². The van der Waals surface area contributed by atoms with Gasteiger partial charge in [0.05, 0.1) is 14.2 Å². The number of hydrogen-bond donors (Lipinski definition) is 0. The topological polar surface area (TPSA) is 83.5 Å². The number of methoxy groups -OCH3 is 2. The predicted octanol–water partition coefficient (Wildman–Crippen LogP) is 5.46. The van der Waals surface area contributed by atoms with Crippen molar-refractivity contribution in [2.75, 3.05) is 19.1 Å². The standard InChI is InChI=1S/C27H36FNO7Si2/c1-26(2,3)34-25(31)29(18-11-13-19(32-6)14-12-18)22(23(30)33-7)20-15-10-17(16-21(20)28)27(4,5)24(35-37-8)36-38-9/h10-16,22,24H,1-9H3. The first-order chi connectivity index (χ1) is 17.8. The first-order valence-corrected chi connectivity index (χ1v) is 14.8. The third-order valence-corrected chi connectivity index (χ3v) is 6.60. The van der Waals surface area contributed by atoms with Crippen LogP contribution in [-0.2, 0) is 28.5 Å². The van der Waals surface area contributed by atoms with Gasteiger partial charge in [0.25, 0.3) is 0 Å². The molecule has 2 aromatic rings. The highest BCUT2D eigenvalue weighted by atomic mass is 28.2. The van der Waals surface area contributed by atoms with Gasteiger partial charge in [-0.3, -0.25) is 4.90 Å². The molecule has 0 saturated heterocycles. The smallest absolute Gasteiger partial charge is 0.415 e. The summed E-state index contributed by atoms with van der Waals surface area (Å²) < 4.78 is 43.3. The molecule has 0 N–H and O–H groups in total. The van der Waals surface area contributed by atoms with Gasteiger partial charge >= 0.3 is 12.1 Å². The summed E-state index contributed by atoms with van der Waals surface area (Å²) >= 11 is 0. The number of amides is 1. The maximum atomic E-state index is 15.9. The second kappa shape index (κ2) is 13.4. The van der Waals surface area contributed by atoms with E-state index in [1.807, 2.05) is 26.9 Å². The van der Waals surface area contributed by atoms with Crippen LogP contribution in [0.2, 0.25) is 13.1 Å². The van der Waals surface area contributed by atoms with E-state index in [9.17, 15) is 9.59 Å². The Kier molecular flexibility index (Phi) is 11.1. The number of anilines is 1. The Bertz CT molecular complexity index is 1080. The number of ether oxygens (including phenoxy) is 3. The van der Waals surface area contributed by atoms with Gasteiger partial charge in [0.1, 0.15) is 23.5 Å². The quantitative estimate of drug-likeness (QED) is 0.205. The van der Waals surface area contributed by atoms with Crippen molar-refractivity contribution in [1.82, 2.24) is 0 Å². The van der Waals surface area contributed by atoms with Gasteiger partial charge in [-0.15, -0.1) is 0 Å². The molecule has 0 saturated carbocycles. The van der Waals surface area contributed by atoms with Gasteiger partial charge in [-0.1, -0.05) is 26.0 Å². The molecule has 8 nitrogen and oxygen atoms in total. The van der Waals surface area contributed by atoms with E-state index in [4.69, 9.17) is 23.1 Å². The zero-order valence-electron chi connectivity index (χ0n) is 23.4. The molecule has 4 radical (unpaired) electrons. The third-order valence-electron chi connectivity index (χ3n) is 5.70. The molecule has 206 valence electrons. The van der Waals surface area contributed by atoms with Gasteiger partial charge in [0.2, 0.25) is 19.5 Å². The lowest BCUT2D eigenvalue weighted by atomic mass is 9.83. The Balaban J connectivity index is 2.66. The first kappa shape index (κ1) is 31.5. The zero-order valence-corrected chi connectivity index (χ0v) is 25.4. The van der Waals surface area contributed by atoms with Crippen molar-refractivity contribution in [3.63, 3.8) is 0 Å². The Hall–Kier alpha value is -2.74. The van der Waals surface area contributed by atoms with Crippen LogP contribution < -0.4 is 9.64 Å². The molecule has 1 unspecified atom stereocenters. The van der Waals surface area contributed by atoms with Crippen LogP contribution in [0.15, 0.2) is 42.5 Å². The lowest BCUT2D eigenvalue weighted by Gasteiger charge is -2.35. The first-order valence-electron chi connectivity index (χ1n) is 12.0. The van der Waals surface area contributed by atoms with Gasteiger partial charge in [-0.25, -0.2) is 14.0 Å². The summed E-state index contributed by atoms with van der Waals surface area (Å²) in [5.41, 5.74) is -0.714. The maximum absolute atomic E-state index is 15.9. The van der Waals surface area contributed by atoms with Crippen LogP contribution in [0.25, 0.3) is 0 Å². The van der Waals surface area contributed by atoms with Crippen molar-refractivity contribution in [2.24, 2.45) is 0 Å². The van der Waals surface area contributed by atoms with Gasteiger partial charge < -0.3 is 23.1 Å². The third kappa shape index (κ3) is 7.65. The maximum Gasteiger partial charge on any atom is 0.415 e. The minimum Gasteiger partial charge on any atom is -0.497 e. The molecular formula is C27H36FNO7Si2. The number of esters is 1. The normalized spacial score (nSPS) is 12.7. The second-order valence-corrected chi connectivity index (χ2v) is 11.2. The number of hydrogen-bond acceptors (Lipinski definition) is 7. The van der Waals surface area contributed by atoms with Crippen LogP contribution in [0.1, 0.15) is 51.8 Å². The average Bonchev–Trinajstić information content (AvgIpc) is 2.86. The number of nitrogens with zero attached hydrogens (tertiary/aromatic N) is 1. The van der Waals surface area contributed by atoms with Crippen LogP contribution in [0.3, 0.4) is 0 Å². The summed E-state index contributed by atoms with van der Waals surface area (Å²) in [4.78, 5) is 27.7. The van der Waals surface area contributed by atoms with Gasteiger partial charge in [-0.05, 0) is 69.8 Å². The highest BCUT2D eigenvalue weighted by Crippen LogP contribution is 2.36. The molecule has 0 aromatic heterocycles. The van der Waals surface area contributed by atoms with Crippen molar-refractivity contribution in [1.29, 1.82) is 0 Å². The van der Waals surface area contributed by atoms with E-state index >= 15 is 4.39 Å². The summed E-state index contributed by atoms with van der Waals surface area (Å²) in [7, 11) is 3.06. The largest absolute Gasteiger partial charge is 0.497 e. The number of rotatable bonds is 11. The SMILES string of the molecule is COC(=O)C(c1ccc(C(C)(C)C(O[Si]C)O[Si]C)cc1F)N(C(=O)OC(C)(C)C)c1ccc(OC)cc1. The monoisotopic (exact) mass is 561 g/mol. The van der Waals surface area contributed by atoms with Crippen molar-refractivity contribution < 1.29 is 37.0 Å². The zero-order chi connectivity index (χ0) is 28.7. The molecule has 0 aliphatic carbocycles. The fourth-order valence-corrected chi connectivity index (χ4v) is 4.93. The summed E-state index contributed by atoms with van der Waals surface area (Å²) in [6.07, 6.45) is -1.43. The van der Waals surface area contributed by atoms with Crippen LogP contribution in [0.5, 0.6) is 5.75 Å². The molecule has 11 heteroatoms. The fraction of sp³-hybridized carbons (Fsp3) is 0.481. The Morgan fingerprint density at radius 3 is 1.95 bits per heavy atom. The molecule has 0 aliphatic heterocycles. The minimum absolute atomic E-state index is 0.0498. The van der Waals surface area contributed by atoms with E-state index in [0.29, 0.717) is 17.0 Å². The number of benzene rings is 2. The molecule has 0 spiro atoms. The van der Waals surface area contributed by atoms with E-state index in [-0.39, 0.29) is 25.1 Å². The molecule has 0 bridgehead atoms. The van der Waals surface area contributed by atoms with E-state index in [0.717, 1.165) is 4.90 Å². The average molecular weight is 562 g/mol. The Labute approximate surface area is 229 Å². The predicted molar refractivity (Wildman–Crippen MR) is 145 cm³/mol. The summed E-state index contributed by atoms with van der Waals surface area (Å²) in [5, 5.41) is 0. The summed E-state index contributed by atoms with van der Waals surface area (Å²) in [6.45, 7) is 12.7. The molecule has 0 fully saturated rings. The van der Waals surface area contributed by atoms with E-state index in [2.05, 4.69) is 0 Å². The van der Waals surface area contributed by atoms with Gasteiger partial charge in [0.15, 0.2) is 6.04 Å². The molecule has 2 rings (SSSR count). The second-order valence-electron chi connectivity index (χ2n) is 9.91. The number of carbonyl (C=O) groups is 2. The lowest BCUT2D eigenvalue weighted by Crippen LogP contribution is -2.43. The van der Waals surface area contributed by atoms with Gasteiger partial charge in [0, 0.05) is 16.7 Å². The van der Waals surface area contributed by atoms with E-state index < -0.39 is 41.2 Å². The number of halogens is 1. The Morgan fingerprint density at radius 2 is 1.50 bits per heavy atom. The molecular weight excluding hydrogens is 525 g/mol. The van der Waals surface area contributed by atoms with E-state index in [1.54, 1.807) is 51.1 Å². The molecule has 0 heterocycles. The van der Waals surface area contributed by atoms with Crippen LogP contribution in [-0.4, -0.2) is 57.7 Å². The lowest BCUT2D eigenvalue weighted by molar-refractivity contribution is -0.142. The number of carbonyl (C=O) groups excluding carboxylic acids is 2. The van der Waals surface area contributed by atoms with Crippen molar-refractivity contribution in [3.05, 3.63) is 59.4 Å². The van der Waals surface area contributed by atoms with Crippen molar-refractivity contribution >= 4 is 37.3 Å².